The van der Waals surface area contributed by atoms with Crippen molar-refractivity contribution in [3.63, 3.8) is 0 Å². The van der Waals surface area contributed by atoms with Crippen molar-refractivity contribution in [2.45, 2.75) is 0 Å². The van der Waals surface area contributed by atoms with Crippen molar-refractivity contribution in [1.82, 2.24) is 0 Å². The molecule has 1 rings (SSSR count). The van der Waals surface area contributed by atoms with Gasteiger partial charge >= 0.3 is 0 Å². The Morgan fingerprint density at radius 1 is 0.889 bits per heavy atom. The maximum atomic E-state index is 8.67. The van der Waals surface area contributed by atoms with Crippen molar-refractivity contribution >= 4 is 0 Å². The molecule has 0 amide bonds. The fraction of sp³-hybridized carbons (Fsp3) is 0. The van der Waals surface area contributed by atoms with Crippen LogP contribution in [0.3, 0.4) is 0 Å². The van der Waals surface area contributed by atoms with Gasteiger partial charge in [-0.15, -0.1) is 0 Å². The number of hydrogen-bond donors (Lipinski definition) is 2. The molecule has 0 aliphatic heterocycles. The smallest absolute Gasteiger partial charge is 0.157 e. The van der Waals surface area contributed by atoms with Gasteiger partial charge in [0.05, 0.1) is 0 Å². The Balaban J connectivity index is 0.000000640. The van der Waals surface area contributed by atoms with Crippen LogP contribution in [0.25, 0.3) is 0 Å². The zero-order chi connectivity index (χ0) is 5.98. The van der Waals surface area contributed by atoms with Crippen molar-refractivity contribution in [2.24, 2.45) is 0 Å². The summed E-state index contributed by atoms with van der Waals surface area (Å²) in [6.45, 7) is 0. The van der Waals surface area contributed by atoms with Gasteiger partial charge in [0.15, 0.2) is 11.5 Å². The molecule has 0 aliphatic rings. The Bertz CT molecular complexity index is 167. The molecule has 0 bridgehead atoms. The van der Waals surface area contributed by atoms with Crippen LogP contribution in [-0.4, -0.2) is 10.2 Å². The number of aromatic hydroxyl groups is 2. The third-order valence-corrected chi connectivity index (χ3v) is 0.882. The molecule has 0 spiro atoms. The van der Waals surface area contributed by atoms with Crippen LogP contribution < -0.4 is 0 Å². The molecule has 0 aliphatic carbocycles. The van der Waals surface area contributed by atoms with E-state index in [0.29, 0.717) is 0 Å². The summed E-state index contributed by atoms with van der Waals surface area (Å²) in [5.74, 6) is -0.153. The molecular formula is C6H6O2Re. The van der Waals surface area contributed by atoms with Gasteiger partial charge in [-0.2, -0.15) is 0 Å². The summed E-state index contributed by atoms with van der Waals surface area (Å²) in [7, 11) is 0. The van der Waals surface area contributed by atoms with Crippen molar-refractivity contribution in [2.75, 3.05) is 0 Å². The molecule has 2 N–H and O–H groups in total. The molecule has 1 aromatic carbocycles. The number of benzene rings is 1. The van der Waals surface area contributed by atoms with E-state index in [9.17, 15) is 0 Å². The molecular weight excluding hydrogens is 290 g/mol. The molecule has 9 heavy (non-hydrogen) atoms. The van der Waals surface area contributed by atoms with E-state index in [4.69, 9.17) is 10.2 Å². The molecule has 0 atom stereocenters. The monoisotopic (exact) mass is 297 g/mol. The Kier molecular flexibility index (Phi) is 3.30. The number of phenolic OH excluding ortho intramolecular Hbond substituents is 2. The minimum Gasteiger partial charge on any atom is -0.504 e. The zero-order valence-corrected chi connectivity index (χ0v) is 7.30. The predicted molar refractivity (Wildman–Crippen MR) is 29.8 cm³/mol. The Morgan fingerprint density at radius 2 is 1.22 bits per heavy atom. The Morgan fingerprint density at radius 3 is 1.44 bits per heavy atom. The van der Waals surface area contributed by atoms with E-state index in [1.165, 1.54) is 12.1 Å². The van der Waals surface area contributed by atoms with E-state index in [0.717, 1.165) is 0 Å². The minimum atomic E-state index is -0.0764. The van der Waals surface area contributed by atoms with Gasteiger partial charge < -0.3 is 10.2 Å². The van der Waals surface area contributed by atoms with E-state index in [1.807, 2.05) is 0 Å². The summed E-state index contributed by atoms with van der Waals surface area (Å²) in [4.78, 5) is 0. The summed E-state index contributed by atoms with van der Waals surface area (Å²) in [5, 5.41) is 17.3. The number of hydrogen-bond acceptors (Lipinski definition) is 2. The molecule has 0 unspecified atom stereocenters. The second-order valence-electron chi connectivity index (χ2n) is 1.49. The number of rotatable bonds is 0. The van der Waals surface area contributed by atoms with E-state index >= 15 is 0 Å². The van der Waals surface area contributed by atoms with Crippen LogP contribution in [0.5, 0.6) is 11.5 Å². The van der Waals surface area contributed by atoms with Gasteiger partial charge in [-0.1, -0.05) is 12.1 Å². The molecule has 1 radical (unpaired) electrons. The molecule has 1 aromatic rings. The first-order chi connectivity index (χ1) is 3.80. The third kappa shape index (κ3) is 2.05. The van der Waals surface area contributed by atoms with E-state index < -0.39 is 0 Å². The van der Waals surface area contributed by atoms with Crippen LogP contribution in [0.1, 0.15) is 0 Å². The molecule has 2 nitrogen and oxygen atoms in total. The minimum absolute atomic E-state index is 0. The van der Waals surface area contributed by atoms with E-state index in [1.54, 1.807) is 12.1 Å². The molecule has 0 fully saturated rings. The van der Waals surface area contributed by atoms with Gasteiger partial charge in [0, 0.05) is 20.4 Å². The van der Waals surface area contributed by atoms with Gasteiger partial charge in [0.2, 0.25) is 0 Å². The molecule has 0 aromatic heterocycles. The summed E-state index contributed by atoms with van der Waals surface area (Å²) < 4.78 is 0. The third-order valence-electron chi connectivity index (χ3n) is 0.882. The summed E-state index contributed by atoms with van der Waals surface area (Å²) in [6, 6.07) is 6.15. The van der Waals surface area contributed by atoms with Gasteiger partial charge in [-0.25, -0.2) is 0 Å². The van der Waals surface area contributed by atoms with Gasteiger partial charge in [0.25, 0.3) is 0 Å². The van der Waals surface area contributed by atoms with Crippen LogP contribution in [0, 0.1) is 0 Å². The topological polar surface area (TPSA) is 40.5 Å². The first-order valence-corrected chi connectivity index (χ1v) is 2.27. The second kappa shape index (κ2) is 3.50. The summed E-state index contributed by atoms with van der Waals surface area (Å²) >= 11 is 0. The zero-order valence-electron chi connectivity index (χ0n) is 4.58. The Hall–Kier alpha value is -0.518. The second-order valence-corrected chi connectivity index (χ2v) is 1.49. The van der Waals surface area contributed by atoms with Gasteiger partial charge in [-0.05, 0) is 12.1 Å². The fourth-order valence-electron chi connectivity index (χ4n) is 0.464. The standard InChI is InChI=1S/C6H6O2.Re/c7-5-3-1-2-4-6(5)8;/h1-4,7-8H;. The first kappa shape index (κ1) is 8.48. The maximum absolute atomic E-state index is 8.67. The van der Waals surface area contributed by atoms with Crippen LogP contribution >= 0.6 is 0 Å². The average Bonchev–Trinajstić information content (AvgIpc) is 1.77. The summed E-state index contributed by atoms with van der Waals surface area (Å²) in [6.07, 6.45) is 0. The maximum Gasteiger partial charge on any atom is 0.157 e. The average molecular weight is 296 g/mol. The van der Waals surface area contributed by atoms with Crippen LogP contribution in [-0.2, 0) is 20.4 Å². The molecule has 0 saturated heterocycles. The van der Waals surface area contributed by atoms with Crippen molar-refractivity contribution in [1.29, 1.82) is 0 Å². The molecule has 0 heterocycles. The summed E-state index contributed by atoms with van der Waals surface area (Å²) in [5.41, 5.74) is 0. The number of para-hydroxylation sites is 2. The van der Waals surface area contributed by atoms with Gasteiger partial charge in [-0.3, -0.25) is 0 Å². The van der Waals surface area contributed by atoms with Crippen molar-refractivity contribution < 1.29 is 30.6 Å². The SMILES string of the molecule is Oc1ccccc1O.[Re]. The number of phenols is 2. The van der Waals surface area contributed by atoms with Crippen molar-refractivity contribution in [3.8, 4) is 11.5 Å². The van der Waals surface area contributed by atoms with Gasteiger partial charge in [0.1, 0.15) is 0 Å². The normalized spacial score (nSPS) is 8.00. The predicted octanol–water partition coefficient (Wildman–Crippen LogP) is 1.10. The van der Waals surface area contributed by atoms with E-state index in [2.05, 4.69) is 0 Å². The Labute approximate surface area is 66.8 Å². The molecule has 49 valence electrons. The van der Waals surface area contributed by atoms with Crippen LogP contribution in [0.2, 0.25) is 0 Å². The molecule has 0 saturated carbocycles. The largest absolute Gasteiger partial charge is 0.504 e. The fourth-order valence-corrected chi connectivity index (χ4v) is 0.464. The van der Waals surface area contributed by atoms with E-state index in [-0.39, 0.29) is 31.9 Å². The first-order valence-electron chi connectivity index (χ1n) is 2.27. The quantitative estimate of drug-likeness (QED) is 0.704. The molecule has 3 heteroatoms. The van der Waals surface area contributed by atoms with Crippen molar-refractivity contribution in [3.05, 3.63) is 24.3 Å². The van der Waals surface area contributed by atoms with Crippen LogP contribution in [0.15, 0.2) is 24.3 Å². The van der Waals surface area contributed by atoms with Crippen LogP contribution in [0.4, 0.5) is 0 Å².